The number of Topliss-reactive ketones (excluding diaryl/α,β-unsaturated/α-hetero) is 1. The van der Waals surface area contributed by atoms with Crippen molar-refractivity contribution in [2.75, 3.05) is 13.7 Å². The van der Waals surface area contributed by atoms with Gasteiger partial charge < -0.3 is 4.74 Å². The molecule has 0 bridgehead atoms. The first-order valence-corrected chi connectivity index (χ1v) is 13.2. The lowest BCUT2D eigenvalue weighted by Gasteiger charge is -2.61. The molecule has 34 heavy (non-hydrogen) atoms. The Morgan fingerprint density at radius 1 is 1.15 bits per heavy atom. The number of rotatable bonds is 5. The lowest BCUT2D eigenvalue weighted by molar-refractivity contribution is -0.154. The Labute approximate surface area is 201 Å². The molecule has 1 aromatic heterocycles. The molecule has 5 rings (SSSR count). The number of carbonyl (C=O) groups excluding carboxylic acids is 1. The van der Waals surface area contributed by atoms with Gasteiger partial charge in [-0.05, 0) is 97.9 Å². The molecule has 0 spiro atoms. The van der Waals surface area contributed by atoms with Gasteiger partial charge in [-0.15, -0.1) is 0 Å². The van der Waals surface area contributed by atoms with Crippen LogP contribution in [0, 0.1) is 46.3 Å². The Hall–Kier alpha value is -1.37. The molecular weight excluding hydrogens is 441 g/mol. The van der Waals surface area contributed by atoms with E-state index in [1.807, 2.05) is 7.11 Å². The quantitative estimate of drug-likeness (QED) is 0.490. The molecule has 0 N–H and O–H groups in total. The van der Waals surface area contributed by atoms with Crippen LogP contribution in [0.2, 0.25) is 0 Å². The highest BCUT2D eigenvalue weighted by Gasteiger charge is 2.62. The Morgan fingerprint density at radius 2 is 1.94 bits per heavy atom. The second kappa shape index (κ2) is 8.63. The van der Waals surface area contributed by atoms with Crippen LogP contribution >= 0.6 is 0 Å². The number of methoxy groups -OCH3 is 1. The van der Waals surface area contributed by atoms with E-state index in [9.17, 15) is 18.0 Å². The third-order valence-electron chi connectivity index (χ3n) is 10.7. The molecule has 0 radical (unpaired) electrons. The van der Waals surface area contributed by atoms with Crippen molar-refractivity contribution in [3.05, 3.63) is 18.0 Å². The van der Waals surface area contributed by atoms with E-state index in [1.54, 1.807) is 0 Å². The number of alkyl halides is 3. The number of halogens is 3. The normalized spacial score (nSPS) is 42.1. The second-order valence-corrected chi connectivity index (χ2v) is 12.2. The Balaban J connectivity index is 1.34. The highest BCUT2D eigenvalue weighted by atomic mass is 19.4. The number of hydrogen-bond donors (Lipinski definition) is 0. The van der Waals surface area contributed by atoms with Gasteiger partial charge in [-0.25, -0.2) is 0 Å². The molecular formula is C27H39F3N2O2. The van der Waals surface area contributed by atoms with Crippen LogP contribution in [0.3, 0.4) is 0 Å². The van der Waals surface area contributed by atoms with Gasteiger partial charge in [0.2, 0.25) is 0 Å². The Bertz CT molecular complexity index is 914. The van der Waals surface area contributed by atoms with Gasteiger partial charge in [-0.3, -0.25) is 9.48 Å². The maximum atomic E-state index is 13.4. The maximum absolute atomic E-state index is 13.4. The summed E-state index contributed by atoms with van der Waals surface area (Å²) in [6, 6.07) is 0.955. The summed E-state index contributed by atoms with van der Waals surface area (Å²) in [5.74, 6) is 3.35. The van der Waals surface area contributed by atoms with Crippen molar-refractivity contribution in [2.45, 2.75) is 84.4 Å². The molecule has 4 saturated carbocycles. The topological polar surface area (TPSA) is 44.1 Å². The minimum atomic E-state index is -4.48. The molecule has 4 aliphatic rings. The van der Waals surface area contributed by atoms with Gasteiger partial charge in [0.1, 0.15) is 0 Å². The zero-order valence-corrected chi connectivity index (χ0v) is 20.7. The standard InChI is InChI=1S/C27H39F3N2O2/c1-17-8-12-26(16-34-3)18(14-17)4-5-19-20-6-7-22(25(20,2)11-9-21(19)26)23(33)15-32-13-10-24(31-32)27(28,29)30/h10,13,17-22H,4-9,11-12,14-16H2,1-3H3/t17?,18?,19?,20?,21?,22-,25?,26?/m1/s1. The first kappa shape index (κ1) is 24.3. The summed E-state index contributed by atoms with van der Waals surface area (Å²) in [7, 11) is 1.85. The van der Waals surface area contributed by atoms with E-state index in [0.717, 1.165) is 50.2 Å². The van der Waals surface area contributed by atoms with Crippen molar-refractivity contribution in [1.82, 2.24) is 9.78 Å². The molecule has 1 aromatic rings. The van der Waals surface area contributed by atoms with Crippen LogP contribution < -0.4 is 0 Å². The number of carbonyl (C=O) groups is 1. The Morgan fingerprint density at radius 3 is 2.65 bits per heavy atom. The van der Waals surface area contributed by atoms with Crippen LogP contribution in [0.25, 0.3) is 0 Å². The summed E-state index contributed by atoms with van der Waals surface area (Å²) in [5.41, 5.74) is -0.698. The molecule has 0 saturated heterocycles. The molecule has 7 heteroatoms. The maximum Gasteiger partial charge on any atom is 0.435 e. The van der Waals surface area contributed by atoms with Crippen LogP contribution in [0.1, 0.15) is 77.3 Å². The molecule has 4 nitrogen and oxygen atoms in total. The van der Waals surface area contributed by atoms with Crippen molar-refractivity contribution in [3.8, 4) is 0 Å². The van der Waals surface area contributed by atoms with Gasteiger partial charge in [0.15, 0.2) is 11.5 Å². The van der Waals surface area contributed by atoms with Crippen LogP contribution in [-0.2, 0) is 22.3 Å². The van der Waals surface area contributed by atoms with Crippen LogP contribution in [0.5, 0.6) is 0 Å². The second-order valence-electron chi connectivity index (χ2n) is 12.2. The van der Waals surface area contributed by atoms with Gasteiger partial charge in [-0.1, -0.05) is 20.3 Å². The number of ether oxygens (including phenoxy) is 1. The predicted octanol–water partition coefficient (Wildman–Crippen LogP) is 6.39. The molecule has 190 valence electrons. The van der Waals surface area contributed by atoms with E-state index in [4.69, 9.17) is 4.74 Å². The molecule has 0 amide bonds. The van der Waals surface area contributed by atoms with E-state index in [-0.39, 0.29) is 29.1 Å². The first-order valence-electron chi connectivity index (χ1n) is 13.2. The highest BCUT2D eigenvalue weighted by Crippen LogP contribution is 2.68. The van der Waals surface area contributed by atoms with Crippen molar-refractivity contribution < 1.29 is 22.7 Å². The van der Waals surface area contributed by atoms with Gasteiger partial charge in [0.05, 0.1) is 13.2 Å². The monoisotopic (exact) mass is 480 g/mol. The molecule has 0 aromatic carbocycles. The lowest BCUT2D eigenvalue weighted by Crippen LogP contribution is -2.56. The fourth-order valence-corrected chi connectivity index (χ4v) is 9.21. The van der Waals surface area contributed by atoms with E-state index in [2.05, 4.69) is 18.9 Å². The minimum Gasteiger partial charge on any atom is -0.384 e. The van der Waals surface area contributed by atoms with Crippen molar-refractivity contribution in [2.24, 2.45) is 46.3 Å². The van der Waals surface area contributed by atoms with E-state index in [1.165, 1.54) is 43.0 Å². The third-order valence-corrected chi connectivity index (χ3v) is 10.7. The summed E-state index contributed by atoms with van der Waals surface area (Å²) in [4.78, 5) is 13.4. The molecule has 4 aliphatic carbocycles. The first-order chi connectivity index (χ1) is 16.1. The highest BCUT2D eigenvalue weighted by molar-refractivity contribution is 5.82. The predicted molar refractivity (Wildman–Crippen MR) is 123 cm³/mol. The molecule has 8 atom stereocenters. The van der Waals surface area contributed by atoms with Crippen LogP contribution in [-0.4, -0.2) is 29.3 Å². The number of aromatic nitrogens is 2. The summed E-state index contributed by atoms with van der Waals surface area (Å²) in [6.45, 7) is 5.49. The largest absolute Gasteiger partial charge is 0.435 e. The Kier molecular flexibility index (Phi) is 6.18. The summed E-state index contributed by atoms with van der Waals surface area (Å²) >= 11 is 0. The zero-order valence-electron chi connectivity index (χ0n) is 20.7. The summed E-state index contributed by atoms with van der Waals surface area (Å²) < 4.78 is 45.9. The average molecular weight is 481 g/mol. The van der Waals surface area contributed by atoms with Gasteiger partial charge in [-0.2, -0.15) is 18.3 Å². The van der Waals surface area contributed by atoms with Gasteiger partial charge >= 0.3 is 6.18 Å². The SMILES string of the molecule is COCC12CCC(C)CC1CCC1C2CCC2(C)C1CC[C@@H]2C(=O)Cn1ccc(C(F)(F)F)n1. The van der Waals surface area contributed by atoms with E-state index >= 15 is 0 Å². The number of ketones is 1. The number of nitrogens with zero attached hydrogens (tertiary/aromatic N) is 2. The van der Waals surface area contributed by atoms with Gasteiger partial charge in [0.25, 0.3) is 0 Å². The van der Waals surface area contributed by atoms with Crippen LogP contribution in [0.15, 0.2) is 12.3 Å². The van der Waals surface area contributed by atoms with E-state index in [0.29, 0.717) is 17.8 Å². The average Bonchev–Trinajstić information content (AvgIpc) is 3.38. The third kappa shape index (κ3) is 3.84. The smallest absolute Gasteiger partial charge is 0.384 e. The zero-order chi connectivity index (χ0) is 24.3. The van der Waals surface area contributed by atoms with E-state index < -0.39 is 11.9 Å². The van der Waals surface area contributed by atoms with Crippen molar-refractivity contribution in [3.63, 3.8) is 0 Å². The summed E-state index contributed by atoms with van der Waals surface area (Å²) in [5, 5.41) is 3.62. The number of hydrogen-bond acceptors (Lipinski definition) is 3. The minimum absolute atomic E-state index is 0.0482. The fourth-order valence-electron chi connectivity index (χ4n) is 9.21. The van der Waals surface area contributed by atoms with Crippen LogP contribution in [0.4, 0.5) is 13.2 Å². The fraction of sp³-hybridized carbons (Fsp3) is 0.852. The molecule has 7 unspecified atom stereocenters. The lowest BCUT2D eigenvalue weighted by atomic mass is 9.44. The summed E-state index contributed by atoms with van der Waals surface area (Å²) in [6.07, 6.45) is 7.30. The molecule has 1 heterocycles. The van der Waals surface area contributed by atoms with Crippen molar-refractivity contribution in [1.29, 1.82) is 0 Å². The molecule has 4 fully saturated rings. The number of fused-ring (bicyclic) bond motifs is 5. The van der Waals surface area contributed by atoms with Crippen molar-refractivity contribution >= 4 is 5.78 Å². The molecule has 0 aliphatic heterocycles. The van der Waals surface area contributed by atoms with Gasteiger partial charge in [0, 0.05) is 19.2 Å².